The van der Waals surface area contributed by atoms with Gasteiger partial charge in [0, 0.05) is 24.0 Å². The van der Waals surface area contributed by atoms with Gasteiger partial charge in [0.15, 0.2) is 10.7 Å². The lowest BCUT2D eigenvalue weighted by Crippen LogP contribution is -2.44. The zero-order valence-electron chi connectivity index (χ0n) is 21.0. The molecule has 40 heavy (non-hydrogen) atoms. The van der Waals surface area contributed by atoms with E-state index in [1.807, 2.05) is 0 Å². The molecule has 3 aromatic heterocycles. The Labute approximate surface area is 244 Å². The summed E-state index contributed by atoms with van der Waals surface area (Å²) in [5.74, 6) is 0.194. The molecule has 0 fully saturated rings. The Kier molecular flexibility index (Phi) is 8.71. The van der Waals surface area contributed by atoms with Gasteiger partial charge in [-0.2, -0.15) is 13.2 Å². The average Bonchev–Trinajstić information content (AvgIpc) is 3.49. The third-order valence-electron chi connectivity index (χ3n) is 5.11. The highest BCUT2D eigenvalue weighted by Crippen LogP contribution is 2.40. The largest absolute Gasteiger partial charge is 0.490 e. The molecule has 1 atom stereocenters. The first-order valence-electron chi connectivity index (χ1n) is 11.5. The van der Waals surface area contributed by atoms with Crippen LogP contribution in [0.1, 0.15) is 26.3 Å². The van der Waals surface area contributed by atoms with Gasteiger partial charge in [-0.3, -0.25) is 0 Å². The van der Waals surface area contributed by atoms with Crippen molar-refractivity contribution in [3.8, 4) is 27.0 Å². The van der Waals surface area contributed by atoms with Gasteiger partial charge in [-0.05, 0) is 32.9 Å². The van der Waals surface area contributed by atoms with Gasteiger partial charge in [0.2, 0.25) is 0 Å². The van der Waals surface area contributed by atoms with Gasteiger partial charge in [0.1, 0.15) is 28.7 Å². The fourth-order valence-corrected chi connectivity index (χ4v) is 4.96. The smallest absolute Gasteiger partial charge is 0.417 e. The first-order valence-corrected chi connectivity index (χ1v) is 13.4. The lowest BCUT2D eigenvalue weighted by Gasteiger charge is -2.23. The second-order valence-corrected chi connectivity index (χ2v) is 11.6. The van der Waals surface area contributed by atoms with Gasteiger partial charge < -0.3 is 24.3 Å². The van der Waals surface area contributed by atoms with Crippen LogP contribution in [-0.4, -0.2) is 55.6 Å². The van der Waals surface area contributed by atoms with E-state index in [0.717, 1.165) is 23.6 Å². The number of nitrogens with one attached hydrogen (secondary N) is 1. The number of aliphatic hydroxyl groups excluding tert-OH is 1. The molecule has 1 amide bonds. The van der Waals surface area contributed by atoms with Gasteiger partial charge in [-0.15, -0.1) is 10.2 Å². The number of alkyl halides is 3. The van der Waals surface area contributed by atoms with E-state index in [4.69, 9.17) is 44.3 Å². The van der Waals surface area contributed by atoms with E-state index in [-0.39, 0.29) is 38.8 Å². The van der Waals surface area contributed by atoms with Crippen LogP contribution in [0.5, 0.6) is 5.75 Å². The monoisotopic (exact) mass is 637 g/mol. The minimum atomic E-state index is -4.57. The minimum absolute atomic E-state index is 0.124. The number of nitrogens with zero attached hydrogens (tertiary/aromatic N) is 4. The zero-order chi connectivity index (χ0) is 29.4. The Bertz CT molecular complexity index is 1560. The van der Waals surface area contributed by atoms with Crippen molar-refractivity contribution in [3.63, 3.8) is 0 Å². The Balaban J connectivity index is 1.51. The second-order valence-electron chi connectivity index (χ2n) is 9.44. The summed E-state index contributed by atoms with van der Waals surface area (Å²) in [7, 11) is 0. The number of rotatable bonds is 7. The van der Waals surface area contributed by atoms with E-state index in [2.05, 4.69) is 20.5 Å². The first kappa shape index (κ1) is 30.1. The third-order valence-corrected chi connectivity index (χ3v) is 6.98. The molecule has 0 saturated carbocycles. The predicted octanol–water partition coefficient (Wildman–Crippen LogP) is 6.76. The van der Waals surface area contributed by atoms with Crippen molar-refractivity contribution in [3.05, 3.63) is 51.2 Å². The number of ether oxygens (including phenoxy) is 2. The number of aromatic nitrogens is 4. The third kappa shape index (κ3) is 7.07. The highest BCUT2D eigenvalue weighted by Gasteiger charge is 2.32. The number of carbonyl (C=O) groups excluding carboxylic acids is 1. The summed E-state index contributed by atoms with van der Waals surface area (Å²) in [6, 6.07) is 2.99. The molecule has 0 aliphatic rings. The van der Waals surface area contributed by atoms with Crippen molar-refractivity contribution < 1.29 is 32.5 Å². The van der Waals surface area contributed by atoms with Crippen LogP contribution in [0.2, 0.25) is 15.1 Å². The van der Waals surface area contributed by atoms with Crippen molar-refractivity contribution in [1.29, 1.82) is 0 Å². The Morgan fingerprint density at radius 1 is 1.07 bits per heavy atom. The Hall–Kier alpha value is -2.84. The Morgan fingerprint density at radius 2 is 1.77 bits per heavy atom. The molecule has 3 heterocycles. The number of halogens is 6. The highest BCUT2D eigenvalue weighted by atomic mass is 35.5. The van der Waals surface area contributed by atoms with Crippen molar-refractivity contribution in [2.45, 2.75) is 38.6 Å². The fraction of sp³-hybridized carbons (Fsp3) is 0.333. The Morgan fingerprint density at radius 3 is 2.42 bits per heavy atom. The summed E-state index contributed by atoms with van der Waals surface area (Å²) in [6.07, 6.45) is -3.03. The van der Waals surface area contributed by atoms with Gasteiger partial charge in [0.25, 0.3) is 0 Å². The molecule has 9 nitrogen and oxygen atoms in total. The van der Waals surface area contributed by atoms with Crippen molar-refractivity contribution >= 4 is 57.9 Å². The topological polar surface area (TPSA) is 111 Å². The van der Waals surface area contributed by atoms with E-state index < -0.39 is 36.1 Å². The van der Waals surface area contributed by atoms with Crippen LogP contribution in [0, 0.1) is 0 Å². The number of imidazole rings is 1. The van der Waals surface area contributed by atoms with Crippen LogP contribution in [0.15, 0.2) is 30.6 Å². The molecule has 1 unspecified atom stereocenters. The molecule has 4 aromatic rings. The molecule has 0 aliphatic heterocycles. The fourth-order valence-electron chi connectivity index (χ4n) is 3.36. The number of pyridine rings is 1. The second kappa shape index (κ2) is 11.6. The lowest BCUT2D eigenvalue weighted by molar-refractivity contribution is -0.137. The molecule has 0 saturated heterocycles. The summed E-state index contributed by atoms with van der Waals surface area (Å²) in [4.78, 5) is 16.3. The summed E-state index contributed by atoms with van der Waals surface area (Å²) in [5, 5.41) is 21.2. The van der Waals surface area contributed by atoms with Crippen LogP contribution < -0.4 is 10.1 Å². The van der Waals surface area contributed by atoms with E-state index in [0.29, 0.717) is 15.6 Å². The number of fused-ring (bicyclic) bond motifs is 1. The van der Waals surface area contributed by atoms with Crippen LogP contribution in [0.3, 0.4) is 0 Å². The molecule has 0 aliphatic carbocycles. The quantitative estimate of drug-likeness (QED) is 0.230. The number of alkyl carbamates (subject to hydrolysis) is 1. The van der Waals surface area contributed by atoms with Crippen molar-refractivity contribution in [2.24, 2.45) is 0 Å². The van der Waals surface area contributed by atoms with Gasteiger partial charge in [-0.1, -0.05) is 46.1 Å². The number of hydrogen-bond donors (Lipinski definition) is 2. The molecule has 2 N–H and O–H groups in total. The van der Waals surface area contributed by atoms with Gasteiger partial charge in [0.05, 0.1) is 33.3 Å². The number of carbonyl (C=O) groups is 1. The molecule has 1 aromatic carbocycles. The van der Waals surface area contributed by atoms with E-state index >= 15 is 0 Å². The standard InChI is InChI=1S/C24H21Cl3F3N5O4S/c1-23(2,3)39-22(37)31-12(9-36)10-38-18-6-14(25)13(5-15(18)26)20-33-34-21(40-20)17-8-35-7-11(24(28,29)30)4-16(27)19(35)32-17/h4-8,12,36H,9-10H2,1-3H3,(H,31,37). The van der Waals surface area contributed by atoms with Crippen molar-refractivity contribution in [1.82, 2.24) is 24.9 Å². The lowest BCUT2D eigenvalue weighted by atomic mass is 10.2. The zero-order valence-corrected chi connectivity index (χ0v) is 24.1. The number of benzene rings is 1. The molecule has 214 valence electrons. The van der Waals surface area contributed by atoms with Crippen LogP contribution in [0.4, 0.5) is 18.0 Å². The van der Waals surface area contributed by atoms with E-state index in [9.17, 15) is 23.1 Å². The maximum Gasteiger partial charge on any atom is 0.417 e. The SMILES string of the molecule is CC(C)(C)OC(=O)NC(CO)COc1cc(Cl)c(-c2nnc(-c3cn4cc(C(F)(F)F)cc(Cl)c4n3)s2)cc1Cl. The van der Waals surface area contributed by atoms with Gasteiger partial charge >= 0.3 is 12.3 Å². The van der Waals surface area contributed by atoms with Crippen LogP contribution >= 0.6 is 46.1 Å². The maximum absolute atomic E-state index is 13.1. The van der Waals surface area contributed by atoms with Crippen molar-refractivity contribution in [2.75, 3.05) is 13.2 Å². The number of aliphatic hydroxyl groups is 1. The summed E-state index contributed by atoms with van der Waals surface area (Å²) < 4.78 is 51.5. The summed E-state index contributed by atoms with van der Waals surface area (Å²) in [6.45, 7) is 4.59. The van der Waals surface area contributed by atoms with Gasteiger partial charge in [-0.25, -0.2) is 9.78 Å². The van der Waals surface area contributed by atoms with Crippen LogP contribution in [-0.2, 0) is 10.9 Å². The number of hydrogen-bond acceptors (Lipinski definition) is 8. The molecule has 16 heteroatoms. The molecule has 4 rings (SSSR count). The minimum Gasteiger partial charge on any atom is -0.490 e. The van der Waals surface area contributed by atoms with Crippen LogP contribution in [0.25, 0.3) is 26.9 Å². The normalized spacial score (nSPS) is 12.9. The predicted molar refractivity (Wildman–Crippen MR) is 145 cm³/mol. The average molecular weight is 639 g/mol. The first-order chi connectivity index (χ1) is 18.6. The molecule has 0 radical (unpaired) electrons. The van der Waals surface area contributed by atoms with E-state index in [1.54, 1.807) is 20.8 Å². The molecular formula is C24H21Cl3F3N5O4S. The molecular weight excluding hydrogens is 618 g/mol. The highest BCUT2D eigenvalue weighted by molar-refractivity contribution is 7.18. The van der Waals surface area contributed by atoms with E-state index in [1.165, 1.54) is 22.7 Å². The molecule has 0 bridgehead atoms. The summed E-state index contributed by atoms with van der Waals surface area (Å²) >= 11 is 20.0. The molecule has 0 spiro atoms. The number of amides is 1. The maximum atomic E-state index is 13.1. The summed E-state index contributed by atoms with van der Waals surface area (Å²) in [5.41, 5.74) is -0.807.